The van der Waals surface area contributed by atoms with Gasteiger partial charge in [-0.1, -0.05) is 121 Å². The number of benzene rings is 7. The van der Waals surface area contributed by atoms with Crippen LogP contribution in [-0.4, -0.2) is 11.7 Å². The van der Waals surface area contributed by atoms with Gasteiger partial charge in [0.15, 0.2) is 5.84 Å². The summed E-state index contributed by atoms with van der Waals surface area (Å²) in [6, 6.07) is 49.3. The molecule has 0 radical (unpaired) electrons. The van der Waals surface area contributed by atoms with E-state index in [0.29, 0.717) is 12.4 Å². The fourth-order valence-corrected chi connectivity index (χ4v) is 7.39. The number of rotatable bonds is 4. The first kappa shape index (κ1) is 27.6. The van der Waals surface area contributed by atoms with Gasteiger partial charge in [0.1, 0.15) is 23.3 Å². The van der Waals surface area contributed by atoms with Gasteiger partial charge in [0, 0.05) is 22.1 Å². The second-order valence-corrected chi connectivity index (χ2v) is 12.7. The Kier molecular flexibility index (Phi) is 6.24. The highest BCUT2D eigenvalue weighted by Gasteiger charge is 2.24. The highest BCUT2D eigenvalue weighted by molar-refractivity contribution is 6.19. The van der Waals surface area contributed by atoms with Gasteiger partial charge in [0.05, 0.1) is 6.54 Å². The molecular weight excluding hydrogens is 601 g/mol. The lowest BCUT2D eigenvalue weighted by Gasteiger charge is -2.25. The van der Waals surface area contributed by atoms with Crippen molar-refractivity contribution in [3.63, 3.8) is 0 Å². The highest BCUT2D eigenvalue weighted by atomic mass is 16.3. The number of aliphatic imine (C=N–C) groups is 2. The molecule has 1 aromatic heterocycles. The average Bonchev–Trinajstić information content (AvgIpc) is 3.56. The first-order valence-electron chi connectivity index (χ1n) is 16.6. The van der Waals surface area contributed by atoms with E-state index in [9.17, 15) is 0 Å². The molecule has 2 aliphatic heterocycles. The van der Waals surface area contributed by atoms with E-state index in [-0.39, 0.29) is 6.17 Å². The maximum atomic E-state index is 6.29. The SMILES string of the molecule is C1=Cc2c(oc3cccc(-c4cccc5c(C6=NC(c7ccc8ccccc8c7)=NC(c7ccc8ccccc8c7)N6)cccc45)c23)CN1. The minimum absolute atomic E-state index is 0.316. The third-order valence-corrected chi connectivity index (χ3v) is 9.77. The first-order valence-corrected chi connectivity index (χ1v) is 16.6. The zero-order valence-corrected chi connectivity index (χ0v) is 26.5. The van der Waals surface area contributed by atoms with Crippen LogP contribution in [0.1, 0.15) is 34.2 Å². The van der Waals surface area contributed by atoms with Crippen molar-refractivity contribution in [1.82, 2.24) is 10.6 Å². The molecule has 5 heteroatoms. The largest absolute Gasteiger partial charge is 0.459 e. The Morgan fingerprint density at radius 1 is 0.612 bits per heavy atom. The van der Waals surface area contributed by atoms with E-state index in [0.717, 1.165) is 72.1 Å². The fourth-order valence-electron chi connectivity index (χ4n) is 7.39. The topological polar surface area (TPSA) is 61.9 Å². The molecule has 5 nitrogen and oxygen atoms in total. The Hall–Kier alpha value is -6.46. The number of nitrogens with one attached hydrogen (secondary N) is 2. The predicted octanol–water partition coefficient (Wildman–Crippen LogP) is 10.1. The normalized spacial score (nSPS) is 15.6. The number of amidine groups is 2. The van der Waals surface area contributed by atoms with Crippen molar-refractivity contribution in [1.29, 1.82) is 0 Å². The van der Waals surface area contributed by atoms with Gasteiger partial charge >= 0.3 is 0 Å². The van der Waals surface area contributed by atoms with Crippen molar-refractivity contribution >= 4 is 61.0 Å². The molecule has 0 amide bonds. The second kappa shape index (κ2) is 11.1. The van der Waals surface area contributed by atoms with Crippen LogP contribution < -0.4 is 10.6 Å². The van der Waals surface area contributed by atoms with Gasteiger partial charge in [-0.05, 0) is 79.5 Å². The van der Waals surface area contributed by atoms with E-state index in [2.05, 4.69) is 156 Å². The Morgan fingerprint density at radius 2 is 1.31 bits per heavy atom. The Labute approximate surface area is 283 Å². The lowest BCUT2D eigenvalue weighted by atomic mass is 9.92. The van der Waals surface area contributed by atoms with Crippen molar-refractivity contribution in [3.05, 3.63) is 174 Å². The molecule has 0 saturated heterocycles. The minimum Gasteiger partial charge on any atom is -0.459 e. The lowest BCUT2D eigenvalue weighted by Crippen LogP contribution is -2.33. The van der Waals surface area contributed by atoms with Gasteiger partial charge < -0.3 is 15.1 Å². The van der Waals surface area contributed by atoms with Crippen molar-refractivity contribution in [2.45, 2.75) is 12.7 Å². The zero-order valence-electron chi connectivity index (χ0n) is 26.5. The Balaban J connectivity index is 1.15. The van der Waals surface area contributed by atoms with Gasteiger partial charge in [0.2, 0.25) is 0 Å². The molecule has 0 aliphatic carbocycles. The molecule has 3 heterocycles. The number of fused-ring (bicyclic) bond motifs is 6. The van der Waals surface area contributed by atoms with E-state index < -0.39 is 0 Å². The van der Waals surface area contributed by atoms with Crippen LogP contribution >= 0.6 is 0 Å². The molecule has 10 rings (SSSR count). The van der Waals surface area contributed by atoms with Crippen LogP contribution in [0.3, 0.4) is 0 Å². The maximum absolute atomic E-state index is 6.29. The van der Waals surface area contributed by atoms with Crippen LogP contribution in [0.2, 0.25) is 0 Å². The molecule has 232 valence electrons. The van der Waals surface area contributed by atoms with Gasteiger partial charge in [-0.2, -0.15) is 0 Å². The van der Waals surface area contributed by atoms with Gasteiger partial charge in [0.25, 0.3) is 0 Å². The first-order chi connectivity index (χ1) is 24.3. The number of hydrogen-bond donors (Lipinski definition) is 2. The molecule has 2 aliphatic rings. The van der Waals surface area contributed by atoms with E-state index in [1.54, 1.807) is 0 Å². The third kappa shape index (κ3) is 4.62. The van der Waals surface area contributed by atoms with Crippen LogP contribution in [0.25, 0.3) is 60.5 Å². The van der Waals surface area contributed by atoms with Crippen LogP contribution in [0, 0.1) is 0 Å². The van der Waals surface area contributed by atoms with Gasteiger partial charge in [-0.15, -0.1) is 0 Å². The minimum atomic E-state index is -0.316. The standard InChI is InChI=1S/C44H30N4O/c1-3-10-29-24-31(20-18-27(29)8-1)42-46-43(32-21-19-28-9-2-4-11-30(28)25-32)48-44(47-42)37-16-6-12-33-34(13-5-14-35(33)37)36-15-7-17-39-41(36)38-22-23-45-26-40(38)49-39/h1-25,42,45H,26H2,(H,46,47,48). The van der Waals surface area contributed by atoms with Crippen LogP contribution in [0.15, 0.2) is 160 Å². The molecule has 0 spiro atoms. The summed E-state index contributed by atoms with van der Waals surface area (Å²) < 4.78 is 6.29. The molecule has 2 N–H and O–H groups in total. The number of hydrogen-bond acceptors (Lipinski definition) is 5. The Morgan fingerprint density at radius 3 is 2.14 bits per heavy atom. The summed E-state index contributed by atoms with van der Waals surface area (Å²) in [6.45, 7) is 0.685. The number of nitrogens with zero attached hydrogens (tertiary/aromatic N) is 2. The van der Waals surface area contributed by atoms with Crippen molar-refractivity contribution in [2.75, 3.05) is 0 Å². The molecule has 8 aromatic rings. The summed E-state index contributed by atoms with van der Waals surface area (Å²) in [5.41, 5.74) is 7.47. The molecule has 7 aromatic carbocycles. The van der Waals surface area contributed by atoms with Crippen molar-refractivity contribution in [3.8, 4) is 11.1 Å². The van der Waals surface area contributed by atoms with Gasteiger partial charge in [-0.3, -0.25) is 0 Å². The summed E-state index contributed by atoms with van der Waals surface area (Å²) in [6.07, 6.45) is 3.80. The van der Waals surface area contributed by atoms with Crippen molar-refractivity contribution in [2.24, 2.45) is 9.98 Å². The average molecular weight is 631 g/mol. The summed E-state index contributed by atoms with van der Waals surface area (Å²) in [4.78, 5) is 10.5. The summed E-state index contributed by atoms with van der Waals surface area (Å²) in [5, 5.41) is 15.2. The molecule has 0 saturated carbocycles. The van der Waals surface area contributed by atoms with E-state index in [1.165, 1.54) is 16.2 Å². The monoisotopic (exact) mass is 630 g/mol. The summed E-state index contributed by atoms with van der Waals surface area (Å²) in [5.74, 6) is 2.47. The fraction of sp³-hybridized carbons (Fsp3) is 0.0455. The van der Waals surface area contributed by atoms with E-state index >= 15 is 0 Å². The van der Waals surface area contributed by atoms with Crippen LogP contribution in [0.5, 0.6) is 0 Å². The lowest BCUT2D eigenvalue weighted by molar-refractivity contribution is 0.532. The smallest absolute Gasteiger partial charge is 0.159 e. The van der Waals surface area contributed by atoms with Gasteiger partial charge in [-0.25, -0.2) is 9.98 Å². The molecule has 0 bridgehead atoms. The molecule has 49 heavy (non-hydrogen) atoms. The second-order valence-electron chi connectivity index (χ2n) is 12.7. The molecule has 1 unspecified atom stereocenters. The van der Waals surface area contributed by atoms with Crippen LogP contribution in [0.4, 0.5) is 0 Å². The predicted molar refractivity (Wildman–Crippen MR) is 202 cm³/mol. The Bertz CT molecular complexity index is 2710. The molecule has 0 fully saturated rings. The quantitative estimate of drug-likeness (QED) is 0.203. The number of furan rings is 1. The van der Waals surface area contributed by atoms with Crippen LogP contribution in [-0.2, 0) is 6.54 Å². The summed E-state index contributed by atoms with van der Waals surface area (Å²) in [7, 11) is 0. The summed E-state index contributed by atoms with van der Waals surface area (Å²) >= 11 is 0. The molecular formula is C44H30N4O. The highest BCUT2D eigenvalue weighted by Crippen LogP contribution is 2.40. The van der Waals surface area contributed by atoms with Crippen molar-refractivity contribution < 1.29 is 4.42 Å². The molecule has 1 atom stereocenters. The van der Waals surface area contributed by atoms with E-state index in [1.807, 2.05) is 6.20 Å². The maximum Gasteiger partial charge on any atom is 0.159 e. The zero-order chi connectivity index (χ0) is 32.3. The third-order valence-electron chi connectivity index (χ3n) is 9.77. The van der Waals surface area contributed by atoms with E-state index in [4.69, 9.17) is 14.4 Å².